The first-order chi connectivity index (χ1) is 13.7. The maximum Gasteiger partial charge on any atom is 0.163 e. The zero-order valence-electron chi connectivity index (χ0n) is 15.7. The minimum atomic E-state index is -0.102. The van der Waals surface area contributed by atoms with Gasteiger partial charge in [-0.05, 0) is 54.0 Å². The number of fused-ring (bicyclic) bond motifs is 1. The van der Waals surface area contributed by atoms with Gasteiger partial charge in [-0.25, -0.2) is 0 Å². The highest BCUT2D eigenvalue weighted by Crippen LogP contribution is 2.45. The normalized spacial score (nSPS) is 21.2. The summed E-state index contributed by atoms with van der Waals surface area (Å²) in [5.41, 5.74) is 6.47. The predicted octanol–water partition coefficient (Wildman–Crippen LogP) is 6.04. The number of aryl methyl sites for hydroxylation is 1. The summed E-state index contributed by atoms with van der Waals surface area (Å²) in [4.78, 5) is 14.5. The van der Waals surface area contributed by atoms with Gasteiger partial charge in [0.15, 0.2) is 5.78 Å². The van der Waals surface area contributed by atoms with Crippen molar-refractivity contribution in [3.05, 3.63) is 93.3 Å². The van der Waals surface area contributed by atoms with Gasteiger partial charge in [0, 0.05) is 22.6 Å². The van der Waals surface area contributed by atoms with Gasteiger partial charge < -0.3 is 10.6 Å². The highest BCUT2D eigenvalue weighted by atomic mass is 32.1. The van der Waals surface area contributed by atoms with Crippen LogP contribution < -0.4 is 10.6 Å². The Morgan fingerprint density at radius 2 is 1.82 bits per heavy atom. The minimum absolute atomic E-state index is 0.102. The molecular formula is C24H22N2OS. The SMILES string of the molecule is Cc1ccc2c(c1)N[C@@H](c1cccs1)C1=C(C[C@H](c3ccccc3)CC1=O)N2. The van der Waals surface area contributed by atoms with Crippen molar-refractivity contribution in [2.45, 2.75) is 31.7 Å². The Kier molecular flexibility index (Phi) is 4.29. The van der Waals surface area contributed by atoms with Crippen LogP contribution in [0, 0.1) is 6.92 Å². The number of allylic oxidation sites excluding steroid dienone is 1. The van der Waals surface area contributed by atoms with Crippen LogP contribution in [-0.4, -0.2) is 5.78 Å². The van der Waals surface area contributed by atoms with Crippen LogP contribution in [0.2, 0.25) is 0 Å². The standard InChI is InChI=1S/C24H22N2OS/c1-15-9-10-18-19(12-15)26-24(22-8-5-11-28-22)23-20(25-18)13-17(14-21(23)27)16-6-3-2-4-7-16/h2-12,17,24-26H,13-14H2,1H3/t17-,24-/m0/s1. The average molecular weight is 387 g/mol. The van der Waals surface area contributed by atoms with Crippen molar-refractivity contribution in [2.24, 2.45) is 0 Å². The van der Waals surface area contributed by atoms with Crippen molar-refractivity contribution < 1.29 is 4.79 Å². The summed E-state index contributed by atoms with van der Waals surface area (Å²) in [5.74, 6) is 0.453. The molecular weight excluding hydrogens is 364 g/mol. The molecule has 4 heteroatoms. The summed E-state index contributed by atoms with van der Waals surface area (Å²) in [7, 11) is 0. The zero-order chi connectivity index (χ0) is 19.1. The number of hydrogen-bond acceptors (Lipinski definition) is 4. The van der Waals surface area contributed by atoms with E-state index < -0.39 is 0 Å². The maximum absolute atomic E-state index is 13.4. The smallest absolute Gasteiger partial charge is 0.163 e. The maximum atomic E-state index is 13.4. The molecule has 2 atom stereocenters. The molecule has 0 radical (unpaired) electrons. The number of ketones is 1. The number of carbonyl (C=O) groups excluding carboxylic acids is 1. The monoisotopic (exact) mass is 386 g/mol. The fourth-order valence-electron chi connectivity index (χ4n) is 4.29. The van der Waals surface area contributed by atoms with E-state index in [0.29, 0.717) is 6.42 Å². The number of thiophene rings is 1. The van der Waals surface area contributed by atoms with Crippen LogP contribution in [0.5, 0.6) is 0 Å². The van der Waals surface area contributed by atoms with Crippen LogP contribution in [0.15, 0.2) is 77.3 Å². The van der Waals surface area contributed by atoms with E-state index >= 15 is 0 Å². The molecule has 1 aromatic heterocycles. The molecule has 1 aliphatic heterocycles. The predicted molar refractivity (Wildman–Crippen MR) is 116 cm³/mol. The van der Waals surface area contributed by atoms with E-state index in [2.05, 4.69) is 77.5 Å². The number of hydrogen-bond donors (Lipinski definition) is 2. The van der Waals surface area contributed by atoms with Crippen LogP contribution in [0.25, 0.3) is 0 Å². The number of Topliss-reactive ketones (excluding diaryl/α,β-unsaturated/α-hetero) is 1. The fraction of sp³-hybridized carbons (Fsp3) is 0.208. The first-order valence-electron chi connectivity index (χ1n) is 9.68. The average Bonchev–Trinajstić information content (AvgIpc) is 3.18. The van der Waals surface area contributed by atoms with Gasteiger partial charge in [-0.3, -0.25) is 4.79 Å². The number of carbonyl (C=O) groups is 1. The Morgan fingerprint density at radius 1 is 0.964 bits per heavy atom. The van der Waals surface area contributed by atoms with Gasteiger partial charge in [0.05, 0.1) is 17.4 Å². The number of benzene rings is 2. The van der Waals surface area contributed by atoms with Crippen LogP contribution >= 0.6 is 11.3 Å². The number of anilines is 2. The third-order valence-corrected chi connectivity index (χ3v) is 6.59. The molecule has 28 heavy (non-hydrogen) atoms. The fourth-order valence-corrected chi connectivity index (χ4v) is 5.07. The van der Waals surface area contributed by atoms with Crippen molar-refractivity contribution in [2.75, 3.05) is 10.6 Å². The van der Waals surface area contributed by atoms with E-state index in [-0.39, 0.29) is 17.7 Å². The van der Waals surface area contributed by atoms with Crippen molar-refractivity contribution in [3.8, 4) is 0 Å². The lowest BCUT2D eigenvalue weighted by atomic mass is 9.79. The van der Waals surface area contributed by atoms with Gasteiger partial charge in [0.25, 0.3) is 0 Å². The van der Waals surface area contributed by atoms with Gasteiger partial charge in [-0.1, -0.05) is 42.5 Å². The summed E-state index contributed by atoms with van der Waals surface area (Å²) in [5, 5.41) is 9.34. The van der Waals surface area contributed by atoms with Gasteiger partial charge in [-0.15, -0.1) is 11.3 Å². The lowest BCUT2D eigenvalue weighted by molar-refractivity contribution is -0.116. The number of nitrogens with one attached hydrogen (secondary N) is 2. The Balaban J connectivity index is 1.61. The highest BCUT2D eigenvalue weighted by molar-refractivity contribution is 7.10. The molecule has 140 valence electrons. The molecule has 3 aromatic rings. The Bertz CT molecular complexity index is 1050. The summed E-state index contributed by atoms with van der Waals surface area (Å²) in [6.45, 7) is 2.09. The summed E-state index contributed by atoms with van der Waals surface area (Å²) in [6, 6.07) is 20.8. The van der Waals surface area contributed by atoms with E-state index in [1.807, 2.05) is 6.07 Å². The summed E-state index contributed by atoms with van der Waals surface area (Å²) in [6.07, 6.45) is 1.41. The molecule has 2 aliphatic rings. The van der Waals surface area contributed by atoms with Crippen LogP contribution in [0.1, 0.15) is 40.8 Å². The van der Waals surface area contributed by atoms with E-state index in [9.17, 15) is 4.79 Å². The van der Waals surface area contributed by atoms with Crippen LogP contribution in [-0.2, 0) is 4.79 Å². The topological polar surface area (TPSA) is 41.1 Å². The number of rotatable bonds is 2. The molecule has 0 unspecified atom stereocenters. The van der Waals surface area contributed by atoms with E-state index in [4.69, 9.17) is 0 Å². The molecule has 0 amide bonds. The van der Waals surface area contributed by atoms with Crippen LogP contribution in [0.4, 0.5) is 11.4 Å². The first-order valence-corrected chi connectivity index (χ1v) is 10.6. The Hall–Kier alpha value is -2.85. The third-order valence-electron chi connectivity index (χ3n) is 5.66. The molecule has 0 saturated carbocycles. The second-order valence-electron chi connectivity index (χ2n) is 7.60. The molecule has 5 rings (SSSR count). The van der Waals surface area contributed by atoms with Crippen molar-refractivity contribution in [1.82, 2.24) is 0 Å². The van der Waals surface area contributed by atoms with Crippen molar-refractivity contribution in [3.63, 3.8) is 0 Å². The summed E-state index contributed by atoms with van der Waals surface area (Å²) >= 11 is 1.70. The van der Waals surface area contributed by atoms with E-state index in [0.717, 1.165) is 29.1 Å². The van der Waals surface area contributed by atoms with E-state index in [1.165, 1.54) is 16.0 Å². The third kappa shape index (κ3) is 3.04. The molecule has 0 fully saturated rings. The molecule has 0 bridgehead atoms. The molecule has 2 aromatic carbocycles. The molecule has 3 nitrogen and oxygen atoms in total. The minimum Gasteiger partial charge on any atom is -0.372 e. The lowest BCUT2D eigenvalue weighted by Gasteiger charge is -2.29. The molecule has 2 N–H and O–H groups in total. The van der Waals surface area contributed by atoms with Gasteiger partial charge in [0.2, 0.25) is 0 Å². The van der Waals surface area contributed by atoms with E-state index in [1.54, 1.807) is 11.3 Å². The summed E-state index contributed by atoms with van der Waals surface area (Å²) < 4.78 is 0. The molecule has 0 saturated heterocycles. The Morgan fingerprint density at radius 3 is 2.61 bits per heavy atom. The van der Waals surface area contributed by atoms with Gasteiger partial charge in [0.1, 0.15) is 0 Å². The van der Waals surface area contributed by atoms with Crippen molar-refractivity contribution in [1.29, 1.82) is 0 Å². The molecule has 1 aliphatic carbocycles. The van der Waals surface area contributed by atoms with Gasteiger partial charge >= 0.3 is 0 Å². The molecule has 0 spiro atoms. The second kappa shape index (κ2) is 6.95. The van der Waals surface area contributed by atoms with Gasteiger partial charge in [-0.2, -0.15) is 0 Å². The zero-order valence-corrected chi connectivity index (χ0v) is 16.6. The largest absolute Gasteiger partial charge is 0.372 e. The van der Waals surface area contributed by atoms with Crippen molar-refractivity contribution >= 4 is 28.5 Å². The molecule has 2 heterocycles. The first kappa shape index (κ1) is 17.3. The lowest BCUT2D eigenvalue weighted by Crippen LogP contribution is -2.26. The second-order valence-corrected chi connectivity index (χ2v) is 8.58. The quantitative estimate of drug-likeness (QED) is 0.564. The van der Waals surface area contributed by atoms with Crippen LogP contribution in [0.3, 0.4) is 0 Å². The highest BCUT2D eigenvalue weighted by Gasteiger charge is 2.36. The Labute approximate surface area is 169 Å².